The fourth-order valence-corrected chi connectivity index (χ4v) is 3.16. The number of alkyl carbamates (subject to hydrolysis) is 1. The summed E-state index contributed by atoms with van der Waals surface area (Å²) < 4.78 is 5.26. The van der Waals surface area contributed by atoms with E-state index in [2.05, 4.69) is 39.8 Å². The van der Waals surface area contributed by atoms with Gasteiger partial charge < -0.3 is 15.4 Å². The summed E-state index contributed by atoms with van der Waals surface area (Å²) in [5.41, 5.74) is 2.19. The Balaban J connectivity index is 1.80. The van der Waals surface area contributed by atoms with Crippen LogP contribution in [0.25, 0.3) is 0 Å². The van der Waals surface area contributed by atoms with E-state index in [1.807, 2.05) is 13.8 Å². The Hall–Kier alpha value is -2.08. The van der Waals surface area contributed by atoms with Gasteiger partial charge in [0, 0.05) is 26.2 Å². The van der Waals surface area contributed by atoms with Crippen LogP contribution in [0.2, 0.25) is 0 Å². The number of carbonyl (C=O) groups is 2. The van der Waals surface area contributed by atoms with Crippen LogP contribution in [0.1, 0.15) is 45.7 Å². The summed E-state index contributed by atoms with van der Waals surface area (Å²) in [6.07, 6.45) is 0.475. The van der Waals surface area contributed by atoms with E-state index in [4.69, 9.17) is 4.74 Å². The standard InChI is InChI=1S/C21H33N3O3/c1-15(2)18(23-20(26)27-21(3,4)5)19(25)22-11-13-24-12-10-16-8-6-7-9-17(16)14-24/h6-9,15,18H,10-14H2,1-5H3,(H,22,25)(H,23,26). The molecule has 150 valence electrons. The van der Waals surface area contributed by atoms with Crippen LogP contribution in [0.5, 0.6) is 0 Å². The Labute approximate surface area is 162 Å². The highest BCUT2D eigenvalue weighted by atomic mass is 16.6. The van der Waals surface area contributed by atoms with E-state index in [1.165, 1.54) is 11.1 Å². The summed E-state index contributed by atoms with van der Waals surface area (Å²) in [5.74, 6) is -0.201. The molecule has 0 saturated carbocycles. The second-order valence-corrected chi connectivity index (χ2v) is 8.45. The first-order valence-electron chi connectivity index (χ1n) is 9.72. The van der Waals surface area contributed by atoms with E-state index in [0.29, 0.717) is 6.54 Å². The number of fused-ring (bicyclic) bond motifs is 1. The highest BCUT2D eigenvalue weighted by Crippen LogP contribution is 2.17. The van der Waals surface area contributed by atoms with Gasteiger partial charge in [0.15, 0.2) is 0 Å². The molecule has 1 aromatic rings. The van der Waals surface area contributed by atoms with Gasteiger partial charge in [0.05, 0.1) is 0 Å². The summed E-state index contributed by atoms with van der Waals surface area (Å²) in [4.78, 5) is 26.9. The molecule has 6 heteroatoms. The molecule has 1 atom stereocenters. The molecule has 2 amide bonds. The molecule has 1 heterocycles. The predicted octanol–water partition coefficient (Wildman–Crippen LogP) is 2.71. The van der Waals surface area contributed by atoms with E-state index in [9.17, 15) is 9.59 Å². The lowest BCUT2D eigenvalue weighted by molar-refractivity contribution is -0.124. The monoisotopic (exact) mass is 375 g/mol. The van der Waals surface area contributed by atoms with Crippen molar-refractivity contribution >= 4 is 12.0 Å². The predicted molar refractivity (Wildman–Crippen MR) is 106 cm³/mol. The minimum Gasteiger partial charge on any atom is -0.444 e. The molecular formula is C21H33N3O3. The van der Waals surface area contributed by atoms with E-state index in [0.717, 1.165) is 26.1 Å². The molecule has 0 bridgehead atoms. The third-order valence-corrected chi connectivity index (χ3v) is 4.56. The van der Waals surface area contributed by atoms with Crippen LogP contribution in [0, 0.1) is 5.92 Å². The van der Waals surface area contributed by atoms with E-state index < -0.39 is 17.7 Å². The largest absolute Gasteiger partial charge is 0.444 e. The van der Waals surface area contributed by atoms with E-state index >= 15 is 0 Å². The normalized spacial score (nSPS) is 15.8. The van der Waals surface area contributed by atoms with Crippen LogP contribution in [-0.4, -0.2) is 48.2 Å². The molecule has 0 spiro atoms. The summed E-state index contributed by atoms with van der Waals surface area (Å²) in [6, 6.07) is 7.89. The van der Waals surface area contributed by atoms with Crippen molar-refractivity contribution in [1.29, 1.82) is 0 Å². The van der Waals surface area contributed by atoms with Crippen LogP contribution in [-0.2, 0) is 22.5 Å². The minimum absolute atomic E-state index is 0.0284. The lowest BCUT2D eigenvalue weighted by Crippen LogP contribution is -2.52. The Kier molecular flexibility index (Phi) is 7.25. The Bertz CT molecular complexity index is 652. The van der Waals surface area contributed by atoms with Gasteiger partial charge in [-0.25, -0.2) is 4.79 Å². The average Bonchev–Trinajstić information content (AvgIpc) is 2.57. The first-order valence-corrected chi connectivity index (χ1v) is 9.72. The summed E-state index contributed by atoms with van der Waals surface area (Å²) in [7, 11) is 0. The Morgan fingerprint density at radius 3 is 2.48 bits per heavy atom. The van der Waals surface area contributed by atoms with Crippen LogP contribution < -0.4 is 10.6 Å². The number of benzene rings is 1. The van der Waals surface area contributed by atoms with E-state index in [1.54, 1.807) is 20.8 Å². The molecule has 2 N–H and O–H groups in total. The number of nitrogens with one attached hydrogen (secondary N) is 2. The first kappa shape index (κ1) is 21.2. The van der Waals surface area contributed by atoms with Crippen LogP contribution in [0.3, 0.4) is 0 Å². The zero-order valence-electron chi connectivity index (χ0n) is 17.2. The molecule has 1 unspecified atom stereocenters. The Morgan fingerprint density at radius 1 is 1.19 bits per heavy atom. The van der Waals surface area contributed by atoms with E-state index in [-0.39, 0.29) is 11.8 Å². The molecule has 1 aliphatic heterocycles. The van der Waals surface area contributed by atoms with Crippen molar-refractivity contribution in [2.24, 2.45) is 5.92 Å². The molecular weight excluding hydrogens is 342 g/mol. The van der Waals surface area contributed by atoms with Gasteiger partial charge >= 0.3 is 6.09 Å². The summed E-state index contributed by atoms with van der Waals surface area (Å²) in [6.45, 7) is 12.5. The zero-order valence-corrected chi connectivity index (χ0v) is 17.2. The number of carbonyl (C=O) groups excluding carboxylic acids is 2. The molecule has 0 saturated heterocycles. The second-order valence-electron chi connectivity index (χ2n) is 8.45. The number of hydrogen-bond donors (Lipinski definition) is 2. The zero-order chi connectivity index (χ0) is 20.0. The van der Waals surface area contributed by atoms with Crippen molar-refractivity contribution in [2.45, 2.75) is 59.2 Å². The SMILES string of the molecule is CC(C)C(NC(=O)OC(C)(C)C)C(=O)NCCN1CCc2ccccc2C1. The maximum absolute atomic E-state index is 12.5. The number of nitrogens with zero attached hydrogens (tertiary/aromatic N) is 1. The fourth-order valence-electron chi connectivity index (χ4n) is 3.16. The van der Waals surface area contributed by atoms with Gasteiger partial charge in [-0.2, -0.15) is 0 Å². The number of amides is 2. The minimum atomic E-state index is -0.609. The smallest absolute Gasteiger partial charge is 0.408 e. The molecule has 0 radical (unpaired) electrons. The maximum atomic E-state index is 12.5. The van der Waals surface area contributed by atoms with Crippen LogP contribution in [0.15, 0.2) is 24.3 Å². The molecule has 1 aliphatic rings. The van der Waals surface area contributed by atoms with Crippen molar-refractivity contribution in [2.75, 3.05) is 19.6 Å². The van der Waals surface area contributed by atoms with Crippen molar-refractivity contribution in [3.8, 4) is 0 Å². The molecule has 27 heavy (non-hydrogen) atoms. The average molecular weight is 376 g/mol. The van der Waals surface area contributed by atoms with Gasteiger partial charge in [0.25, 0.3) is 0 Å². The van der Waals surface area contributed by atoms with Gasteiger partial charge in [-0.05, 0) is 44.2 Å². The molecule has 6 nitrogen and oxygen atoms in total. The second kappa shape index (κ2) is 9.22. The van der Waals surface area contributed by atoms with Gasteiger partial charge in [0.1, 0.15) is 11.6 Å². The van der Waals surface area contributed by atoms with Crippen molar-refractivity contribution in [3.05, 3.63) is 35.4 Å². The summed E-state index contributed by atoms with van der Waals surface area (Å²) >= 11 is 0. The quantitative estimate of drug-likeness (QED) is 0.802. The third-order valence-electron chi connectivity index (χ3n) is 4.56. The lowest BCUT2D eigenvalue weighted by Gasteiger charge is -2.29. The van der Waals surface area contributed by atoms with Gasteiger partial charge in [-0.3, -0.25) is 9.69 Å². The molecule has 0 fully saturated rings. The van der Waals surface area contributed by atoms with Crippen molar-refractivity contribution in [1.82, 2.24) is 15.5 Å². The fraction of sp³-hybridized carbons (Fsp3) is 0.619. The maximum Gasteiger partial charge on any atom is 0.408 e. The Morgan fingerprint density at radius 2 is 1.85 bits per heavy atom. The lowest BCUT2D eigenvalue weighted by atomic mass is 10.00. The highest BCUT2D eigenvalue weighted by Gasteiger charge is 2.27. The van der Waals surface area contributed by atoms with Gasteiger partial charge in [0.2, 0.25) is 5.91 Å². The molecule has 0 aromatic heterocycles. The van der Waals surface area contributed by atoms with Crippen LogP contribution >= 0.6 is 0 Å². The topological polar surface area (TPSA) is 70.7 Å². The van der Waals surface area contributed by atoms with Gasteiger partial charge in [-0.15, -0.1) is 0 Å². The molecule has 0 aliphatic carbocycles. The summed E-state index contributed by atoms with van der Waals surface area (Å²) in [5, 5.41) is 5.64. The number of ether oxygens (including phenoxy) is 1. The number of hydrogen-bond acceptors (Lipinski definition) is 4. The molecule has 1 aromatic carbocycles. The number of rotatable bonds is 6. The molecule has 2 rings (SSSR count). The van der Waals surface area contributed by atoms with Crippen molar-refractivity contribution in [3.63, 3.8) is 0 Å². The van der Waals surface area contributed by atoms with Crippen molar-refractivity contribution < 1.29 is 14.3 Å². The van der Waals surface area contributed by atoms with Crippen LogP contribution in [0.4, 0.5) is 4.79 Å². The third kappa shape index (κ3) is 6.86. The van der Waals surface area contributed by atoms with Gasteiger partial charge in [-0.1, -0.05) is 38.1 Å². The first-order chi connectivity index (χ1) is 12.7. The highest BCUT2D eigenvalue weighted by molar-refractivity contribution is 5.85.